The van der Waals surface area contributed by atoms with Gasteiger partial charge in [0, 0.05) is 56.4 Å². The second kappa shape index (κ2) is 22.9. The van der Waals surface area contributed by atoms with Gasteiger partial charge < -0.3 is 28.4 Å². The maximum Gasteiger partial charge on any atom is 0.188 e. The average Bonchev–Trinajstić information content (AvgIpc) is 4.23. The van der Waals surface area contributed by atoms with Gasteiger partial charge in [-0.05, 0) is 159 Å². The van der Waals surface area contributed by atoms with Crippen molar-refractivity contribution >= 4 is 17.7 Å². The Morgan fingerprint density at radius 1 is 0.389 bits per heavy atom. The van der Waals surface area contributed by atoms with Crippen LogP contribution in [0.5, 0.6) is 17.2 Å². The lowest BCUT2D eigenvalue weighted by molar-refractivity contribution is 0.302. The molecule has 0 saturated heterocycles. The zero-order valence-electron chi connectivity index (χ0n) is 41.2. The summed E-state index contributed by atoms with van der Waals surface area (Å²) in [5.74, 6) is 4.57. The van der Waals surface area contributed by atoms with E-state index in [1.807, 2.05) is 72.8 Å². The standard InChI is InChI=1S/C60H60N6O6/c1-4-49-52(31-58-64-55(37-70-58)43-10-7-13-46(28-43)67-34-40-16-22-61-23-17-40)50(5-2)54(33-60-66-57(39-72-60)45-12-9-15-48(30-45)69-36-42-20-26-63-27-21-42)51(6-3)53(49)32-59-65-56(38-71-59)44-11-8-14-47(29-44)68-35-41-18-24-62-25-19-41/h7-30,55-57H,4-6,31-39H2,1-3H3/t55-,56-,57-/m1/s1. The Bertz CT molecular complexity index is 2710. The Kier molecular flexibility index (Phi) is 15.2. The molecule has 7 aromatic rings. The monoisotopic (exact) mass is 960 g/mol. The molecule has 0 bridgehead atoms. The van der Waals surface area contributed by atoms with Crippen LogP contribution in [0.3, 0.4) is 0 Å². The summed E-state index contributed by atoms with van der Waals surface area (Å²) in [4.78, 5) is 28.1. The molecule has 10 rings (SSSR count). The quantitative estimate of drug-likeness (QED) is 0.0691. The van der Waals surface area contributed by atoms with Gasteiger partial charge in [0.1, 0.15) is 75.0 Å². The number of nitrogens with zero attached hydrogens (tertiary/aromatic N) is 6. The van der Waals surface area contributed by atoms with Gasteiger partial charge in [0.25, 0.3) is 0 Å². The molecule has 366 valence electrons. The Balaban J connectivity index is 0.944. The Labute approximate surface area is 421 Å². The van der Waals surface area contributed by atoms with E-state index in [0.29, 0.717) is 58.9 Å². The minimum atomic E-state index is -0.149. The fourth-order valence-electron chi connectivity index (χ4n) is 9.91. The average molecular weight is 961 g/mol. The van der Waals surface area contributed by atoms with E-state index in [1.165, 1.54) is 33.4 Å². The third kappa shape index (κ3) is 11.5. The molecule has 6 heterocycles. The normalized spacial score (nSPS) is 17.0. The number of ether oxygens (including phenoxy) is 6. The molecule has 0 N–H and O–H groups in total. The molecular formula is C60H60N6O6. The Hall–Kier alpha value is -7.86. The summed E-state index contributed by atoms with van der Waals surface area (Å²) in [7, 11) is 0. The zero-order chi connectivity index (χ0) is 49.1. The van der Waals surface area contributed by atoms with Crippen molar-refractivity contribution in [3.05, 3.63) is 213 Å². The van der Waals surface area contributed by atoms with Gasteiger partial charge in [0.05, 0.1) is 0 Å². The summed E-state index contributed by atoms with van der Waals surface area (Å²) in [6, 6.07) is 35.9. The minimum Gasteiger partial charge on any atom is -0.489 e. The molecule has 3 aromatic heterocycles. The largest absolute Gasteiger partial charge is 0.489 e. The van der Waals surface area contributed by atoms with E-state index in [-0.39, 0.29) is 18.1 Å². The van der Waals surface area contributed by atoms with Crippen LogP contribution in [0.25, 0.3) is 0 Å². The number of pyridine rings is 3. The van der Waals surface area contributed by atoms with Gasteiger partial charge in [0.2, 0.25) is 0 Å². The molecule has 12 heteroatoms. The van der Waals surface area contributed by atoms with Gasteiger partial charge in [-0.3, -0.25) is 15.0 Å². The van der Waals surface area contributed by atoms with Crippen LogP contribution in [0.4, 0.5) is 0 Å². The summed E-state index contributed by atoms with van der Waals surface area (Å²) in [5, 5.41) is 0. The molecule has 0 amide bonds. The van der Waals surface area contributed by atoms with Crippen molar-refractivity contribution in [1.29, 1.82) is 0 Å². The summed E-state index contributed by atoms with van der Waals surface area (Å²) in [5.41, 5.74) is 14.0. The van der Waals surface area contributed by atoms with Crippen LogP contribution in [0.2, 0.25) is 0 Å². The lowest BCUT2D eigenvalue weighted by atomic mass is 9.80. The van der Waals surface area contributed by atoms with Crippen LogP contribution in [0.1, 0.15) is 106 Å². The predicted octanol–water partition coefficient (Wildman–Crippen LogP) is 11.4. The summed E-state index contributed by atoms with van der Waals surface area (Å²) in [6.45, 7) is 9.51. The van der Waals surface area contributed by atoms with Gasteiger partial charge in [-0.25, -0.2) is 15.0 Å². The van der Waals surface area contributed by atoms with Crippen LogP contribution < -0.4 is 14.2 Å². The van der Waals surface area contributed by atoms with E-state index in [4.69, 9.17) is 43.4 Å². The molecule has 3 aliphatic rings. The number of aliphatic imine (C=N–C) groups is 3. The van der Waals surface area contributed by atoms with E-state index in [1.54, 1.807) is 37.2 Å². The predicted molar refractivity (Wildman–Crippen MR) is 279 cm³/mol. The molecule has 0 unspecified atom stereocenters. The number of rotatable bonds is 21. The van der Waals surface area contributed by atoms with E-state index in [2.05, 4.69) is 72.1 Å². The fraction of sp³-hybridized carbons (Fsp3) is 0.300. The molecule has 0 radical (unpaired) electrons. The number of hydrogen-bond acceptors (Lipinski definition) is 12. The van der Waals surface area contributed by atoms with Crippen molar-refractivity contribution in [3.8, 4) is 17.2 Å². The van der Waals surface area contributed by atoms with E-state index >= 15 is 0 Å². The van der Waals surface area contributed by atoms with Crippen LogP contribution in [0.15, 0.2) is 161 Å². The molecule has 0 saturated carbocycles. The van der Waals surface area contributed by atoms with E-state index < -0.39 is 0 Å². The molecular weight excluding hydrogens is 901 g/mol. The fourth-order valence-corrected chi connectivity index (χ4v) is 9.91. The van der Waals surface area contributed by atoms with Crippen molar-refractivity contribution in [2.24, 2.45) is 15.0 Å². The summed E-state index contributed by atoms with van der Waals surface area (Å²) >= 11 is 0. The molecule has 0 fully saturated rings. The maximum atomic E-state index is 6.50. The first-order valence-electron chi connectivity index (χ1n) is 25.1. The molecule has 3 aliphatic heterocycles. The van der Waals surface area contributed by atoms with Crippen molar-refractivity contribution < 1.29 is 28.4 Å². The Morgan fingerprint density at radius 2 is 0.681 bits per heavy atom. The smallest absolute Gasteiger partial charge is 0.188 e. The van der Waals surface area contributed by atoms with Crippen molar-refractivity contribution in [2.75, 3.05) is 19.8 Å². The van der Waals surface area contributed by atoms with Gasteiger partial charge in [-0.1, -0.05) is 57.2 Å². The van der Waals surface area contributed by atoms with Crippen LogP contribution >= 0.6 is 0 Å². The molecule has 72 heavy (non-hydrogen) atoms. The molecule has 12 nitrogen and oxygen atoms in total. The van der Waals surface area contributed by atoms with E-state index in [0.717, 1.165) is 87.6 Å². The van der Waals surface area contributed by atoms with E-state index in [9.17, 15) is 0 Å². The van der Waals surface area contributed by atoms with Gasteiger partial charge in [-0.2, -0.15) is 0 Å². The highest BCUT2D eigenvalue weighted by Crippen LogP contribution is 2.37. The number of aromatic nitrogens is 3. The first kappa shape index (κ1) is 47.8. The zero-order valence-corrected chi connectivity index (χ0v) is 41.2. The highest BCUT2D eigenvalue weighted by atomic mass is 16.5. The van der Waals surface area contributed by atoms with Crippen LogP contribution in [-0.2, 0) is 72.6 Å². The first-order valence-corrected chi connectivity index (χ1v) is 25.1. The minimum absolute atomic E-state index is 0.149. The molecule has 4 aromatic carbocycles. The summed E-state index contributed by atoms with van der Waals surface area (Å²) in [6.07, 6.45) is 14.9. The van der Waals surface area contributed by atoms with Gasteiger partial charge in [0.15, 0.2) is 17.7 Å². The second-order valence-corrected chi connectivity index (χ2v) is 18.2. The third-order valence-electron chi connectivity index (χ3n) is 13.5. The first-order chi connectivity index (χ1) is 35.5. The van der Waals surface area contributed by atoms with Crippen LogP contribution in [-0.4, -0.2) is 52.5 Å². The molecule has 0 spiro atoms. The maximum absolute atomic E-state index is 6.50. The van der Waals surface area contributed by atoms with Gasteiger partial charge >= 0.3 is 0 Å². The lowest BCUT2D eigenvalue weighted by Crippen LogP contribution is -2.20. The SMILES string of the molecule is CCc1c(CC2=N[C@@H](c3cccc(OCc4ccncc4)c3)CO2)c(CC)c(CC2=N[C@@H](c3cccc(OCc4ccncc4)c3)CO2)c(CC)c1CC1=N[C@@H](c2cccc(OCc3ccncc3)c2)CO1. The third-order valence-corrected chi connectivity index (χ3v) is 13.5. The lowest BCUT2D eigenvalue weighted by Gasteiger charge is -2.26. The Morgan fingerprint density at radius 3 is 0.958 bits per heavy atom. The second-order valence-electron chi connectivity index (χ2n) is 18.2. The highest BCUT2D eigenvalue weighted by molar-refractivity contribution is 5.86. The molecule has 3 atom stereocenters. The van der Waals surface area contributed by atoms with Crippen LogP contribution in [0, 0.1) is 0 Å². The number of hydrogen-bond donors (Lipinski definition) is 0. The summed E-state index contributed by atoms with van der Waals surface area (Å²) < 4.78 is 38.1. The van der Waals surface area contributed by atoms with Crippen molar-refractivity contribution in [1.82, 2.24) is 15.0 Å². The number of benzene rings is 4. The van der Waals surface area contributed by atoms with Crippen molar-refractivity contribution in [3.63, 3.8) is 0 Å². The van der Waals surface area contributed by atoms with Crippen molar-refractivity contribution in [2.45, 2.75) is 97.2 Å². The highest BCUT2D eigenvalue weighted by Gasteiger charge is 2.31. The topological polar surface area (TPSA) is 131 Å². The van der Waals surface area contributed by atoms with Gasteiger partial charge in [-0.15, -0.1) is 0 Å². The molecule has 0 aliphatic carbocycles.